The Hall–Kier alpha value is -4.88. The Labute approximate surface area is 251 Å². The van der Waals surface area contributed by atoms with Gasteiger partial charge in [0.1, 0.15) is 5.82 Å². The second kappa shape index (κ2) is 12.2. The van der Waals surface area contributed by atoms with Gasteiger partial charge in [-0.15, -0.1) is 0 Å². The molecule has 7 nitrogen and oxygen atoms in total. The Morgan fingerprint density at radius 2 is 1.53 bits per heavy atom. The highest BCUT2D eigenvalue weighted by atomic mass is 16.7. The number of aromatic nitrogens is 1. The molecule has 5 aromatic rings. The summed E-state index contributed by atoms with van der Waals surface area (Å²) in [4.78, 5) is 21.3. The smallest absolute Gasteiger partial charge is 0.254 e. The van der Waals surface area contributed by atoms with Crippen molar-refractivity contribution in [3.8, 4) is 22.6 Å². The number of nitrogens with zero attached hydrogens (tertiary/aromatic N) is 2. The molecule has 3 heterocycles. The summed E-state index contributed by atoms with van der Waals surface area (Å²) in [6.45, 7) is 3.14. The maximum absolute atomic E-state index is 14.3. The van der Waals surface area contributed by atoms with Crippen molar-refractivity contribution in [1.29, 1.82) is 0 Å². The highest BCUT2D eigenvalue weighted by Crippen LogP contribution is 2.37. The molecule has 0 unspecified atom stereocenters. The Kier molecular flexibility index (Phi) is 7.63. The van der Waals surface area contributed by atoms with E-state index in [-0.39, 0.29) is 18.7 Å². The molecule has 1 amide bonds. The molecule has 2 aliphatic rings. The van der Waals surface area contributed by atoms with E-state index in [1.807, 2.05) is 65.6 Å². The normalized spacial score (nSPS) is 15.6. The largest absolute Gasteiger partial charge is 0.454 e. The molecule has 2 aliphatic heterocycles. The van der Waals surface area contributed by atoms with Crippen LogP contribution in [-0.2, 0) is 13.1 Å². The lowest BCUT2D eigenvalue weighted by Gasteiger charge is -2.26. The molecule has 1 atom stereocenters. The minimum absolute atomic E-state index is 0.0435. The first-order valence-corrected chi connectivity index (χ1v) is 14.9. The van der Waals surface area contributed by atoms with Gasteiger partial charge in [-0.05, 0) is 65.4 Å². The van der Waals surface area contributed by atoms with Crippen molar-refractivity contribution < 1.29 is 14.3 Å². The number of rotatable bonds is 9. The zero-order chi connectivity index (χ0) is 29.0. The standard InChI is InChI=1S/C36H34N4O3/c41-36(40-17-7-12-29(40)23-37-21-25-8-3-1-4-9-25)31-20-35(38-22-26-10-5-2-6-11-26)39-32-15-13-27(18-30(31)32)28-14-16-33-34(19-28)43-24-42-33/h1-6,8-11,13-16,18-20,29,37H,7,12,17,21-24H2,(H,38,39)/t29-/m0/s1. The van der Waals surface area contributed by atoms with Crippen LogP contribution in [0.1, 0.15) is 34.3 Å². The number of anilines is 1. The van der Waals surface area contributed by atoms with Gasteiger partial charge in [-0.2, -0.15) is 0 Å². The van der Waals surface area contributed by atoms with Crippen molar-refractivity contribution >= 4 is 22.6 Å². The topological polar surface area (TPSA) is 75.7 Å². The molecule has 2 N–H and O–H groups in total. The fourth-order valence-corrected chi connectivity index (χ4v) is 5.99. The third-order valence-electron chi connectivity index (χ3n) is 8.25. The molecule has 7 heteroatoms. The number of fused-ring (bicyclic) bond motifs is 2. The second-order valence-electron chi connectivity index (χ2n) is 11.1. The van der Waals surface area contributed by atoms with Crippen molar-refractivity contribution in [3.63, 3.8) is 0 Å². The summed E-state index contributed by atoms with van der Waals surface area (Å²) in [6.07, 6.45) is 1.98. The first kappa shape index (κ1) is 27.0. The molecule has 4 aromatic carbocycles. The lowest BCUT2D eigenvalue weighted by Crippen LogP contribution is -2.41. The van der Waals surface area contributed by atoms with Crippen molar-refractivity contribution in [3.05, 3.63) is 120 Å². The third-order valence-corrected chi connectivity index (χ3v) is 8.25. The number of likely N-dealkylation sites (tertiary alicyclic amines) is 1. The van der Waals surface area contributed by atoms with Crippen LogP contribution in [0.25, 0.3) is 22.0 Å². The predicted octanol–water partition coefficient (Wildman–Crippen LogP) is 6.64. The molecule has 1 fully saturated rings. The molecule has 7 rings (SSSR count). The maximum Gasteiger partial charge on any atom is 0.254 e. The van der Waals surface area contributed by atoms with Crippen LogP contribution >= 0.6 is 0 Å². The zero-order valence-electron chi connectivity index (χ0n) is 24.0. The summed E-state index contributed by atoms with van der Waals surface area (Å²) in [5, 5.41) is 7.87. The van der Waals surface area contributed by atoms with Gasteiger partial charge in [0, 0.05) is 37.6 Å². The van der Waals surface area contributed by atoms with Crippen LogP contribution in [0.3, 0.4) is 0 Å². The van der Waals surface area contributed by atoms with Crippen LogP contribution in [-0.4, -0.2) is 41.7 Å². The average molecular weight is 571 g/mol. The second-order valence-corrected chi connectivity index (χ2v) is 11.1. The highest BCUT2D eigenvalue weighted by molar-refractivity contribution is 6.08. The lowest BCUT2D eigenvalue weighted by molar-refractivity contribution is 0.0737. The van der Waals surface area contributed by atoms with Gasteiger partial charge in [0.2, 0.25) is 6.79 Å². The van der Waals surface area contributed by atoms with E-state index < -0.39 is 0 Å². The van der Waals surface area contributed by atoms with Gasteiger partial charge < -0.3 is 25.0 Å². The summed E-state index contributed by atoms with van der Waals surface area (Å²) < 4.78 is 11.1. The molecule has 0 radical (unpaired) electrons. The fourth-order valence-electron chi connectivity index (χ4n) is 5.99. The molecule has 1 saturated heterocycles. The van der Waals surface area contributed by atoms with Gasteiger partial charge in [-0.1, -0.05) is 72.8 Å². The van der Waals surface area contributed by atoms with Crippen LogP contribution in [0.2, 0.25) is 0 Å². The SMILES string of the molecule is O=C(c1cc(NCc2ccccc2)nc2ccc(-c3ccc4c(c3)OCO4)cc12)N1CCC[C@H]1CNCc1ccccc1. The lowest BCUT2D eigenvalue weighted by atomic mass is 9.99. The number of carbonyl (C=O) groups excluding carboxylic acids is 1. The minimum Gasteiger partial charge on any atom is -0.454 e. The van der Waals surface area contributed by atoms with Crippen LogP contribution in [0, 0.1) is 0 Å². The summed E-state index contributed by atoms with van der Waals surface area (Å²) in [7, 11) is 0. The maximum atomic E-state index is 14.3. The Bertz CT molecular complexity index is 1740. The van der Waals surface area contributed by atoms with Crippen LogP contribution in [0.5, 0.6) is 11.5 Å². The fraction of sp³-hybridized carbons (Fsp3) is 0.222. The first-order chi connectivity index (χ1) is 21.2. The van der Waals surface area contributed by atoms with Crippen LogP contribution < -0.4 is 20.1 Å². The molecule has 0 bridgehead atoms. The van der Waals surface area contributed by atoms with Gasteiger partial charge in [0.05, 0.1) is 11.1 Å². The monoisotopic (exact) mass is 570 g/mol. The van der Waals surface area contributed by atoms with E-state index in [9.17, 15) is 4.79 Å². The van der Waals surface area contributed by atoms with Gasteiger partial charge in [0.25, 0.3) is 5.91 Å². The molecular formula is C36H34N4O3. The van der Waals surface area contributed by atoms with E-state index in [4.69, 9.17) is 14.5 Å². The molecule has 0 aliphatic carbocycles. The third kappa shape index (κ3) is 5.90. The van der Waals surface area contributed by atoms with Crippen LogP contribution in [0.15, 0.2) is 103 Å². The van der Waals surface area contributed by atoms with E-state index in [0.29, 0.717) is 17.9 Å². The molecule has 43 heavy (non-hydrogen) atoms. The molecule has 0 saturated carbocycles. The number of nitrogens with one attached hydrogen (secondary N) is 2. The predicted molar refractivity (Wildman–Crippen MR) is 169 cm³/mol. The van der Waals surface area contributed by atoms with E-state index in [1.54, 1.807) is 0 Å². The van der Waals surface area contributed by atoms with Crippen molar-refractivity contribution in [2.45, 2.75) is 32.0 Å². The van der Waals surface area contributed by atoms with Gasteiger partial charge >= 0.3 is 0 Å². The molecule has 1 aromatic heterocycles. The summed E-state index contributed by atoms with van der Waals surface area (Å²) in [6, 6.07) is 34.7. The number of benzene rings is 4. The number of hydrogen-bond donors (Lipinski definition) is 2. The minimum atomic E-state index is 0.0435. The zero-order valence-corrected chi connectivity index (χ0v) is 24.0. The van der Waals surface area contributed by atoms with Crippen molar-refractivity contribution in [2.75, 3.05) is 25.2 Å². The summed E-state index contributed by atoms with van der Waals surface area (Å²) in [5.41, 5.74) is 5.83. The number of ether oxygens (including phenoxy) is 2. The average Bonchev–Trinajstić information content (AvgIpc) is 3.73. The molecule has 0 spiro atoms. The van der Waals surface area contributed by atoms with Gasteiger partial charge in [-0.25, -0.2) is 4.98 Å². The van der Waals surface area contributed by atoms with E-state index >= 15 is 0 Å². The van der Waals surface area contributed by atoms with Crippen molar-refractivity contribution in [2.24, 2.45) is 0 Å². The Morgan fingerprint density at radius 1 is 0.814 bits per heavy atom. The Balaban J connectivity index is 1.20. The number of pyridine rings is 1. The quantitative estimate of drug-likeness (QED) is 0.207. The first-order valence-electron chi connectivity index (χ1n) is 14.9. The summed E-state index contributed by atoms with van der Waals surface area (Å²) >= 11 is 0. The van der Waals surface area contributed by atoms with Gasteiger partial charge in [0.15, 0.2) is 11.5 Å². The van der Waals surface area contributed by atoms with E-state index in [2.05, 4.69) is 53.1 Å². The highest BCUT2D eigenvalue weighted by Gasteiger charge is 2.30. The Morgan fingerprint density at radius 3 is 2.35 bits per heavy atom. The van der Waals surface area contributed by atoms with Gasteiger partial charge in [-0.3, -0.25) is 4.79 Å². The van der Waals surface area contributed by atoms with E-state index in [0.717, 1.165) is 71.6 Å². The summed E-state index contributed by atoms with van der Waals surface area (Å²) in [5.74, 6) is 2.21. The van der Waals surface area contributed by atoms with Crippen LogP contribution in [0.4, 0.5) is 5.82 Å². The number of amides is 1. The number of carbonyl (C=O) groups is 1. The van der Waals surface area contributed by atoms with Crippen molar-refractivity contribution in [1.82, 2.24) is 15.2 Å². The molecular weight excluding hydrogens is 536 g/mol. The van der Waals surface area contributed by atoms with E-state index in [1.165, 1.54) is 5.56 Å². The molecule has 216 valence electrons. The number of hydrogen-bond acceptors (Lipinski definition) is 6.